The van der Waals surface area contributed by atoms with Crippen molar-refractivity contribution in [3.8, 4) is 5.75 Å². The van der Waals surface area contributed by atoms with Gasteiger partial charge in [-0.2, -0.15) is 0 Å². The summed E-state index contributed by atoms with van der Waals surface area (Å²) < 4.78 is 0. The van der Waals surface area contributed by atoms with Gasteiger partial charge in [-0.05, 0) is 37.6 Å². The molecule has 0 bridgehead atoms. The number of aromatic hydroxyl groups is 1. The van der Waals surface area contributed by atoms with E-state index in [9.17, 15) is 9.90 Å². The van der Waals surface area contributed by atoms with Gasteiger partial charge in [-0.15, -0.1) is 6.58 Å². The van der Waals surface area contributed by atoms with E-state index >= 15 is 0 Å². The first-order chi connectivity index (χ1) is 7.60. The summed E-state index contributed by atoms with van der Waals surface area (Å²) in [6, 6.07) is 4.77. The molecule has 0 spiro atoms. The van der Waals surface area contributed by atoms with Crippen molar-refractivity contribution < 1.29 is 9.90 Å². The van der Waals surface area contributed by atoms with E-state index in [1.165, 1.54) is 6.07 Å². The van der Waals surface area contributed by atoms with Crippen LogP contribution in [0.25, 0.3) is 0 Å². The van der Waals surface area contributed by atoms with Crippen LogP contribution in [-0.4, -0.2) is 29.0 Å². The number of hydrogen-bond acceptors (Lipinski definition) is 2. The number of phenolic OH excluding ortho intramolecular Hbond substituents is 1. The standard InChI is InChI=1S/C13H17NO2/c1-4-8-14(5-2)13(16)12-7-6-11(15)9-10(12)3/h4,6-7,9,15H,1,5,8H2,2-3H3. The molecule has 16 heavy (non-hydrogen) atoms. The van der Waals surface area contributed by atoms with E-state index < -0.39 is 0 Å². The Balaban J connectivity index is 2.98. The van der Waals surface area contributed by atoms with Gasteiger partial charge in [0.15, 0.2) is 0 Å². The topological polar surface area (TPSA) is 40.5 Å². The Morgan fingerprint density at radius 1 is 1.56 bits per heavy atom. The summed E-state index contributed by atoms with van der Waals surface area (Å²) in [5, 5.41) is 9.28. The fourth-order valence-electron chi connectivity index (χ4n) is 1.57. The van der Waals surface area contributed by atoms with Crippen LogP contribution in [0.4, 0.5) is 0 Å². The normalized spacial score (nSPS) is 9.88. The Bertz CT molecular complexity index is 399. The highest BCUT2D eigenvalue weighted by Crippen LogP contribution is 2.17. The van der Waals surface area contributed by atoms with Crippen LogP contribution in [-0.2, 0) is 0 Å². The van der Waals surface area contributed by atoms with Crippen molar-refractivity contribution in [1.29, 1.82) is 0 Å². The molecule has 0 heterocycles. The van der Waals surface area contributed by atoms with Gasteiger partial charge in [-0.25, -0.2) is 0 Å². The Kier molecular flexibility index (Phi) is 4.11. The average Bonchev–Trinajstić information content (AvgIpc) is 2.25. The first-order valence-electron chi connectivity index (χ1n) is 5.30. The van der Waals surface area contributed by atoms with E-state index in [0.29, 0.717) is 18.7 Å². The molecule has 1 N–H and O–H groups in total. The van der Waals surface area contributed by atoms with E-state index in [4.69, 9.17) is 0 Å². The van der Waals surface area contributed by atoms with Crippen molar-refractivity contribution in [2.75, 3.05) is 13.1 Å². The number of benzene rings is 1. The lowest BCUT2D eigenvalue weighted by Gasteiger charge is -2.20. The Labute approximate surface area is 96.0 Å². The number of phenols is 1. The van der Waals surface area contributed by atoms with Crippen LogP contribution in [0.5, 0.6) is 5.75 Å². The zero-order chi connectivity index (χ0) is 12.1. The predicted octanol–water partition coefficient (Wildman–Crippen LogP) is 2.35. The number of likely N-dealkylation sites (N-methyl/N-ethyl adjacent to an activating group) is 1. The molecule has 1 aromatic carbocycles. The molecule has 0 atom stereocenters. The zero-order valence-corrected chi connectivity index (χ0v) is 9.73. The zero-order valence-electron chi connectivity index (χ0n) is 9.73. The molecular weight excluding hydrogens is 202 g/mol. The number of carbonyl (C=O) groups excluding carboxylic acids is 1. The lowest BCUT2D eigenvalue weighted by atomic mass is 10.1. The second kappa shape index (κ2) is 5.35. The van der Waals surface area contributed by atoms with Crippen molar-refractivity contribution in [3.05, 3.63) is 42.0 Å². The van der Waals surface area contributed by atoms with Crippen LogP contribution in [0.15, 0.2) is 30.9 Å². The number of amides is 1. The number of aryl methyl sites for hydroxylation is 1. The molecule has 0 aromatic heterocycles. The lowest BCUT2D eigenvalue weighted by Crippen LogP contribution is -2.31. The smallest absolute Gasteiger partial charge is 0.254 e. The monoisotopic (exact) mass is 219 g/mol. The van der Waals surface area contributed by atoms with E-state index in [0.717, 1.165) is 5.56 Å². The average molecular weight is 219 g/mol. The molecule has 1 amide bonds. The minimum absolute atomic E-state index is 0.0279. The summed E-state index contributed by atoms with van der Waals surface area (Å²) in [5.41, 5.74) is 1.41. The van der Waals surface area contributed by atoms with E-state index in [1.807, 2.05) is 13.8 Å². The van der Waals surface area contributed by atoms with E-state index in [1.54, 1.807) is 23.1 Å². The Morgan fingerprint density at radius 2 is 2.25 bits per heavy atom. The summed E-state index contributed by atoms with van der Waals surface area (Å²) in [4.78, 5) is 13.8. The Morgan fingerprint density at radius 3 is 2.75 bits per heavy atom. The van der Waals surface area contributed by atoms with Crippen LogP contribution in [0.1, 0.15) is 22.8 Å². The van der Waals surface area contributed by atoms with Gasteiger partial charge in [-0.3, -0.25) is 4.79 Å². The lowest BCUT2D eigenvalue weighted by molar-refractivity contribution is 0.0781. The molecule has 0 radical (unpaired) electrons. The second-order valence-electron chi connectivity index (χ2n) is 3.63. The molecule has 0 saturated heterocycles. The van der Waals surface area contributed by atoms with Crippen molar-refractivity contribution in [3.63, 3.8) is 0 Å². The Hall–Kier alpha value is -1.77. The highest BCUT2D eigenvalue weighted by Gasteiger charge is 2.14. The number of hydrogen-bond donors (Lipinski definition) is 1. The molecule has 0 aliphatic heterocycles. The van der Waals surface area contributed by atoms with Crippen LogP contribution in [0, 0.1) is 6.92 Å². The third-order valence-electron chi connectivity index (χ3n) is 2.46. The van der Waals surface area contributed by atoms with Gasteiger partial charge < -0.3 is 10.0 Å². The molecule has 3 nitrogen and oxygen atoms in total. The summed E-state index contributed by atoms with van der Waals surface area (Å²) in [6.45, 7) is 8.55. The first-order valence-corrected chi connectivity index (χ1v) is 5.30. The van der Waals surface area contributed by atoms with Gasteiger partial charge in [0.1, 0.15) is 5.75 Å². The number of carbonyl (C=O) groups is 1. The minimum Gasteiger partial charge on any atom is -0.508 e. The molecule has 1 rings (SSSR count). The maximum Gasteiger partial charge on any atom is 0.254 e. The van der Waals surface area contributed by atoms with Crippen molar-refractivity contribution in [1.82, 2.24) is 4.90 Å². The molecule has 0 saturated carbocycles. The van der Waals surface area contributed by atoms with Gasteiger partial charge >= 0.3 is 0 Å². The quantitative estimate of drug-likeness (QED) is 0.790. The SMILES string of the molecule is C=CCN(CC)C(=O)c1ccc(O)cc1C. The fraction of sp³-hybridized carbons (Fsp3) is 0.308. The fourth-order valence-corrected chi connectivity index (χ4v) is 1.57. The van der Waals surface area contributed by atoms with Crippen LogP contribution < -0.4 is 0 Å². The molecule has 0 aliphatic carbocycles. The van der Waals surface area contributed by atoms with Gasteiger partial charge in [0.2, 0.25) is 0 Å². The second-order valence-corrected chi connectivity index (χ2v) is 3.63. The molecule has 1 aromatic rings. The van der Waals surface area contributed by atoms with E-state index in [2.05, 4.69) is 6.58 Å². The molecule has 0 aliphatic rings. The summed E-state index contributed by atoms with van der Waals surface area (Å²) in [5.74, 6) is 0.153. The third kappa shape index (κ3) is 2.63. The van der Waals surface area contributed by atoms with Gasteiger partial charge in [-0.1, -0.05) is 6.08 Å². The summed E-state index contributed by atoms with van der Waals surface area (Å²) >= 11 is 0. The van der Waals surface area contributed by atoms with Gasteiger partial charge in [0.05, 0.1) is 0 Å². The van der Waals surface area contributed by atoms with Crippen molar-refractivity contribution in [2.45, 2.75) is 13.8 Å². The van der Waals surface area contributed by atoms with Gasteiger partial charge in [0, 0.05) is 18.7 Å². The maximum atomic E-state index is 12.1. The highest BCUT2D eigenvalue weighted by atomic mass is 16.3. The molecular formula is C13H17NO2. The highest BCUT2D eigenvalue weighted by molar-refractivity contribution is 5.95. The minimum atomic E-state index is -0.0279. The van der Waals surface area contributed by atoms with Crippen LogP contribution >= 0.6 is 0 Å². The predicted molar refractivity (Wildman–Crippen MR) is 64.6 cm³/mol. The number of rotatable bonds is 4. The summed E-state index contributed by atoms with van der Waals surface area (Å²) in [6.07, 6.45) is 1.71. The van der Waals surface area contributed by atoms with Crippen molar-refractivity contribution in [2.24, 2.45) is 0 Å². The molecule has 3 heteroatoms. The van der Waals surface area contributed by atoms with Crippen molar-refractivity contribution >= 4 is 5.91 Å². The summed E-state index contributed by atoms with van der Waals surface area (Å²) in [7, 11) is 0. The van der Waals surface area contributed by atoms with Crippen LogP contribution in [0.2, 0.25) is 0 Å². The molecule has 0 fully saturated rings. The molecule has 0 unspecified atom stereocenters. The first kappa shape index (κ1) is 12.3. The largest absolute Gasteiger partial charge is 0.508 e. The number of nitrogens with zero attached hydrogens (tertiary/aromatic N) is 1. The maximum absolute atomic E-state index is 12.1. The van der Waals surface area contributed by atoms with Crippen LogP contribution in [0.3, 0.4) is 0 Å². The third-order valence-corrected chi connectivity index (χ3v) is 2.46. The van der Waals surface area contributed by atoms with E-state index in [-0.39, 0.29) is 11.7 Å². The molecule has 86 valence electrons. The van der Waals surface area contributed by atoms with Gasteiger partial charge in [0.25, 0.3) is 5.91 Å².